The first-order valence-corrected chi connectivity index (χ1v) is 5.32. The van der Waals surface area contributed by atoms with Crippen LogP contribution in [0.3, 0.4) is 0 Å². The van der Waals surface area contributed by atoms with Crippen molar-refractivity contribution in [3.05, 3.63) is 29.4 Å². The van der Waals surface area contributed by atoms with E-state index in [9.17, 15) is 0 Å². The van der Waals surface area contributed by atoms with E-state index in [4.69, 9.17) is 15.8 Å². The Bertz CT molecular complexity index is 426. The zero-order valence-electron chi connectivity index (χ0n) is 7.00. The largest absolute Gasteiger partial charge is 0.424 e. The van der Waals surface area contributed by atoms with Crippen molar-refractivity contribution in [2.24, 2.45) is 0 Å². The molecular weight excluding hydrogens is 206 g/mol. The SMILES string of the molecule is CSOc1c[nH]c2c(Cl)cccc12. The first kappa shape index (κ1) is 8.78. The van der Waals surface area contributed by atoms with Crippen LogP contribution >= 0.6 is 23.6 Å². The molecule has 1 aromatic carbocycles. The van der Waals surface area contributed by atoms with E-state index in [2.05, 4.69) is 4.98 Å². The van der Waals surface area contributed by atoms with Gasteiger partial charge in [-0.05, 0) is 12.1 Å². The summed E-state index contributed by atoms with van der Waals surface area (Å²) in [6.07, 6.45) is 3.69. The molecule has 2 rings (SSSR count). The minimum Gasteiger partial charge on any atom is -0.424 e. The third-order valence-corrected chi connectivity index (χ3v) is 2.46. The summed E-state index contributed by atoms with van der Waals surface area (Å²) in [6.45, 7) is 0. The minimum absolute atomic E-state index is 0.716. The molecule has 1 aromatic heterocycles. The summed E-state index contributed by atoms with van der Waals surface area (Å²) in [6, 6.07) is 5.73. The third kappa shape index (κ3) is 1.49. The average Bonchev–Trinajstić information content (AvgIpc) is 2.51. The molecule has 0 bridgehead atoms. The molecule has 0 radical (unpaired) electrons. The molecule has 2 nitrogen and oxygen atoms in total. The first-order chi connectivity index (χ1) is 6.33. The highest BCUT2D eigenvalue weighted by Gasteiger charge is 2.06. The molecular formula is C9H8ClNOS. The molecule has 0 aliphatic rings. The fraction of sp³-hybridized carbons (Fsp3) is 0.111. The summed E-state index contributed by atoms with van der Waals surface area (Å²) in [5, 5.41) is 1.73. The monoisotopic (exact) mass is 213 g/mol. The standard InChI is InChI=1S/C9H8ClNOS/c1-13-12-8-5-11-9-6(8)3-2-4-7(9)10/h2-5,11H,1H3. The predicted molar refractivity (Wildman–Crippen MR) is 57.5 cm³/mol. The summed E-state index contributed by atoms with van der Waals surface area (Å²) in [5.74, 6) is 0.824. The molecule has 1 heterocycles. The van der Waals surface area contributed by atoms with Gasteiger partial charge in [-0.15, -0.1) is 0 Å². The van der Waals surface area contributed by atoms with Crippen molar-refractivity contribution in [2.45, 2.75) is 0 Å². The number of benzene rings is 1. The topological polar surface area (TPSA) is 25.0 Å². The van der Waals surface area contributed by atoms with Crippen molar-refractivity contribution >= 4 is 34.5 Å². The van der Waals surface area contributed by atoms with E-state index in [1.807, 2.05) is 30.7 Å². The molecule has 0 aliphatic carbocycles. The van der Waals surface area contributed by atoms with Crippen LogP contribution in [-0.4, -0.2) is 11.2 Å². The highest BCUT2D eigenvalue weighted by Crippen LogP contribution is 2.31. The summed E-state index contributed by atoms with van der Waals surface area (Å²) in [7, 11) is 0. The van der Waals surface area contributed by atoms with Crippen LogP contribution in [0.1, 0.15) is 0 Å². The van der Waals surface area contributed by atoms with Gasteiger partial charge in [0.15, 0.2) is 5.75 Å². The zero-order chi connectivity index (χ0) is 9.26. The third-order valence-electron chi connectivity index (χ3n) is 1.80. The molecule has 0 saturated heterocycles. The Morgan fingerprint density at radius 3 is 3.08 bits per heavy atom. The van der Waals surface area contributed by atoms with Gasteiger partial charge in [-0.1, -0.05) is 17.7 Å². The van der Waals surface area contributed by atoms with Crippen LogP contribution in [0.4, 0.5) is 0 Å². The second kappa shape index (κ2) is 3.52. The fourth-order valence-corrected chi connectivity index (χ4v) is 1.80. The number of aromatic amines is 1. The second-order valence-electron chi connectivity index (χ2n) is 2.57. The summed E-state index contributed by atoms with van der Waals surface area (Å²) in [5.41, 5.74) is 0.924. The number of aromatic nitrogens is 1. The lowest BCUT2D eigenvalue weighted by molar-refractivity contribution is 0.658. The molecule has 2 aromatic rings. The molecule has 68 valence electrons. The van der Waals surface area contributed by atoms with Gasteiger partial charge in [0, 0.05) is 17.8 Å². The smallest absolute Gasteiger partial charge is 0.162 e. The average molecular weight is 214 g/mol. The van der Waals surface area contributed by atoms with Gasteiger partial charge in [-0.25, -0.2) is 0 Å². The lowest BCUT2D eigenvalue weighted by Crippen LogP contribution is -1.75. The zero-order valence-corrected chi connectivity index (χ0v) is 8.58. The van der Waals surface area contributed by atoms with E-state index in [0.717, 1.165) is 16.7 Å². The molecule has 0 spiro atoms. The molecule has 13 heavy (non-hydrogen) atoms. The van der Waals surface area contributed by atoms with Crippen LogP contribution < -0.4 is 4.18 Å². The lowest BCUT2D eigenvalue weighted by Gasteiger charge is -1.97. The number of fused-ring (bicyclic) bond motifs is 1. The maximum absolute atomic E-state index is 5.98. The minimum atomic E-state index is 0.716. The molecule has 0 saturated carbocycles. The van der Waals surface area contributed by atoms with Crippen LogP contribution in [0.25, 0.3) is 10.9 Å². The second-order valence-corrected chi connectivity index (χ2v) is 3.47. The van der Waals surface area contributed by atoms with Crippen LogP contribution in [0.5, 0.6) is 5.75 Å². The molecule has 0 atom stereocenters. The van der Waals surface area contributed by atoms with Crippen LogP contribution in [0.2, 0.25) is 5.02 Å². The van der Waals surface area contributed by atoms with Gasteiger partial charge in [0.25, 0.3) is 0 Å². The number of halogens is 1. The molecule has 1 N–H and O–H groups in total. The van der Waals surface area contributed by atoms with E-state index in [0.29, 0.717) is 5.02 Å². The van der Waals surface area contributed by atoms with Gasteiger partial charge in [0.2, 0.25) is 0 Å². The van der Waals surface area contributed by atoms with Crippen LogP contribution in [0, 0.1) is 0 Å². The maximum atomic E-state index is 5.98. The normalized spacial score (nSPS) is 10.6. The fourth-order valence-electron chi connectivity index (χ4n) is 1.25. The quantitative estimate of drug-likeness (QED) is 0.773. The number of rotatable bonds is 2. The van der Waals surface area contributed by atoms with Crippen molar-refractivity contribution < 1.29 is 4.18 Å². The molecule has 0 amide bonds. The lowest BCUT2D eigenvalue weighted by atomic mass is 10.2. The van der Waals surface area contributed by atoms with Crippen molar-refractivity contribution in [3.8, 4) is 5.75 Å². The van der Waals surface area contributed by atoms with E-state index < -0.39 is 0 Å². The Kier molecular flexibility index (Phi) is 2.38. The van der Waals surface area contributed by atoms with Crippen molar-refractivity contribution in [1.29, 1.82) is 0 Å². The Balaban J connectivity index is 2.61. The Labute approximate surface area is 85.4 Å². The molecule has 4 heteroatoms. The Hall–Kier alpha value is -0.800. The van der Waals surface area contributed by atoms with E-state index in [1.54, 1.807) is 0 Å². The van der Waals surface area contributed by atoms with Gasteiger partial charge in [0.05, 0.1) is 22.6 Å². The van der Waals surface area contributed by atoms with Gasteiger partial charge in [-0.2, -0.15) is 0 Å². The first-order valence-electron chi connectivity index (χ1n) is 3.79. The number of para-hydroxylation sites is 1. The number of nitrogens with one attached hydrogen (secondary N) is 1. The Morgan fingerprint density at radius 1 is 1.46 bits per heavy atom. The van der Waals surface area contributed by atoms with Gasteiger partial charge in [-0.3, -0.25) is 0 Å². The summed E-state index contributed by atoms with van der Waals surface area (Å²) in [4.78, 5) is 3.07. The Morgan fingerprint density at radius 2 is 2.31 bits per heavy atom. The van der Waals surface area contributed by atoms with E-state index in [-0.39, 0.29) is 0 Å². The molecule has 0 unspecified atom stereocenters. The van der Waals surface area contributed by atoms with E-state index >= 15 is 0 Å². The number of hydrogen-bond acceptors (Lipinski definition) is 2. The van der Waals surface area contributed by atoms with Gasteiger partial charge in [0.1, 0.15) is 0 Å². The maximum Gasteiger partial charge on any atom is 0.162 e. The van der Waals surface area contributed by atoms with E-state index in [1.165, 1.54) is 12.0 Å². The summed E-state index contributed by atoms with van der Waals surface area (Å²) < 4.78 is 5.34. The van der Waals surface area contributed by atoms with Crippen molar-refractivity contribution in [3.63, 3.8) is 0 Å². The molecule has 0 aliphatic heterocycles. The van der Waals surface area contributed by atoms with Gasteiger partial charge >= 0.3 is 0 Å². The van der Waals surface area contributed by atoms with Crippen molar-refractivity contribution in [1.82, 2.24) is 4.98 Å². The highest BCUT2D eigenvalue weighted by molar-refractivity contribution is 7.94. The van der Waals surface area contributed by atoms with Crippen molar-refractivity contribution in [2.75, 3.05) is 6.26 Å². The highest BCUT2D eigenvalue weighted by atomic mass is 35.5. The van der Waals surface area contributed by atoms with Crippen LogP contribution in [0.15, 0.2) is 24.4 Å². The number of hydrogen-bond donors (Lipinski definition) is 1. The van der Waals surface area contributed by atoms with Gasteiger partial charge < -0.3 is 9.17 Å². The molecule has 0 fully saturated rings. The predicted octanol–water partition coefficient (Wildman–Crippen LogP) is 3.48. The summed E-state index contributed by atoms with van der Waals surface area (Å²) >= 11 is 7.29. The van der Waals surface area contributed by atoms with Crippen LogP contribution in [-0.2, 0) is 0 Å². The number of H-pyrrole nitrogens is 1.